The highest BCUT2D eigenvalue weighted by Gasteiger charge is 2.55. The van der Waals surface area contributed by atoms with E-state index in [9.17, 15) is 24.8 Å². The smallest absolute Gasteiger partial charge is 0.311 e. The number of carbonyl (C=O) groups excluding carboxylic acids is 1. The second kappa shape index (κ2) is 6.32. The summed E-state index contributed by atoms with van der Waals surface area (Å²) in [7, 11) is 1.31. The van der Waals surface area contributed by atoms with Gasteiger partial charge >= 0.3 is 11.7 Å². The number of hydrogen-bond donors (Lipinski definition) is 1. The molecular formula is C16H18N2O7. The molecule has 2 saturated heterocycles. The van der Waals surface area contributed by atoms with Crippen molar-refractivity contribution in [3.8, 4) is 5.75 Å². The molecule has 1 N–H and O–H groups in total. The van der Waals surface area contributed by atoms with Gasteiger partial charge in [-0.3, -0.25) is 19.7 Å². The Bertz CT molecular complexity index is 735. The topological polar surface area (TPSA) is 119 Å². The molecule has 9 heteroatoms. The predicted molar refractivity (Wildman–Crippen MR) is 84.5 cm³/mol. The van der Waals surface area contributed by atoms with Crippen LogP contribution in [0.3, 0.4) is 0 Å². The minimum atomic E-state index is -1.01. The van der Waals surface area contributed by atoms with Crippen LogP contribution in [0.25, 0.3) is 0 Å². The number of amides is 1. The lowest BCUT2D eigenvalue weighted by Gasteiger charge is -2.33. The molecule has 0 aromatic heterocycles. The minimum Gasteiger partial charge on any atom is -0.490 e. The zero-order valence-corrected chi connectivity index (χ0v) is 13.6. The van der Waals surface area contributed by atoms with E-state index >= 15 is 0 Å². The fourth-order valence-corrected chi connectivity index (χ4v) is 3.60. The molecule has 3 rings (SSSR count). The van der Waals surface area contributed by atoms with E-state index in [1.54, 1.807) is 0 Å². The number of nitrogens with zero attached hydrogens (tertiary/aromatic N) is 2. The van der Waals surface area contributed by atoms with Crippen molar-refractivity contribution in [1.29, 1.82) is 0 Å². The van der Waals surface area contributed by atoms with Crippen LogP contribution in [0, 0.1) is 21.4 Å². The number of fused-ring (bicyclic) bond motifs is 1. The van der Waals surface area contributed by atoms with Crippen LogP contribution in [0.1, 0.15) is 16.8 Å². The van der Waals surface area contributed by atoms with E-state index < -0.39 is 22.2 Å². The molecule has 0 aliphatic carbocycles. The number of carboxylic acids is 1. The maximum atomic E-state index is 12.8. The van der Waals surface area contributed by atoms with Gasteiger partial charge in [-0.15, -0.1) is 0 Å². The number of nitro groups is 1. The summed E-state index contributed by atoms with van der Waals surface area (Å²) < 4.78 is 10.3. The first-order chi connectivity index (χ1) is 11.9. The second-order valence-electron chi connectivity index (χ2n) is 6.31. The van der Waals surface area contributed by atoms with Crippen molar-refractivity contribution in [2.45, 2.75) is 6.42 Å². The lowest BCUT2D eigenvalue weighted by Crippen LogP contribution is -2.45. The number of nitro benzene ring substituents is 1. The van der Waals surface area contributed by atoms with Crippen molar-refractivity contribution in [3.05, 3.63) is 33.9 Å². The summed E-state index contributed by atoms with van der Waals surface area (Å²) in [5.41, 5.74) is -1.18. The van der Waals surface area contributed by atoms with Crippen LogP contribution in [0.15, 0.2) is 18.2 Å². The van der Waals surface area contributed by atoms with Crippen LogP contribution in [0.5, 0.6) is 5.75 Å². The second-order valence-corrected chi connectivity index (χ2v) is 6.31. The number of rotatable bonds is 4. The fourth-order valence-electron chi connectivity index (χ4n) is 3.60. The largest absolute Gasteiger partial charge is 0.490 e. The van der Waals surface area contributed by atoms with Gasteiger partial charge in [0.05, 0.1) is 24.1 Å². The predicted octanol–water partition coefficient (Wildman–Crippen LogP) is 1.17. The third kappa shape index (κ3) is 2.80. The van der Waals surface area contributed by atoms with Crippen molar-refractivity contribution in [2.75, 3.05) is 33.4 Å². The zero-order chi connectivity index (χ0) is 18.2. The van der Waals surface area contributed by atoms with E-state index in [0.29, 0.717) is 19.6 Å². The van der Waals surface area contributed by atoms with Crippen molar-refractivity contribution < 1.29 is 29.1 Å². The number of aliphatic carboxylic acids is 1. The SMILES string of the molecule is COc1ccc(C(=O)N2C[C@H]3COCC[C@@]3(C(=O)O)C2)cc1[N+](=O)[O-]. The highest BCUT2D eigenvalue weighted by molar-refractivity contribution is 5.96. The minimum absolute atomic E-state index is 0.0621. The molecule has 0 saturated carbocycles. The van der Waals surface area contributed by atoms with Gasteiger partial charge in [0.2, 0.25) is 0 Å². The summed E-state index contributed by atoms with van der Waals surface area (Å²) >= 11 is 0. The monoisotopic (exact) mass is 350 g/mol. The van der Waals surface area contributed by atoms with Crippen LogP contribution < -0.4 is 4.74 Å². The molecule has 1 aromatic carbocycles. The Morgan fingerprint density at radius 3 is 2.84 bits per heavy atom. The summed E-state index contributed by atoms with van der Waals surface area (Å²) in [6, 6.07) is 3.97. The Hall–Kier alpha value is -2.68. The zero-order valence-electron chi connectivity index (χ0n) is 13.6. The first-order valence-corrected chi connectivity index (χ1v) is 7.82. The number of methoxy groups -OCH3 is 1. The molecule has 0 radical (unpaired) electrons. The Balaban J connectivity index is 1.88. The lowest BCUT2D eigenvalue weighted by atomic mass is 9.74. The number of hydrogen-bond acceptors (Lipinski definition) is 6. The fraction of sp³-hybridized carbons (Fsp3) is 0.500. The van der Waals surface area contributed by atoms with Crippen molar-refractivity contribution >= 4 is 17.6 Å². The quantitative estimate of drug-likeness (QED) is 0.639. The average molecular weight is 350 g/mol. The molecule has 2 aliphatic rings. The third-order valence-corrected chi connectivity index (χ3v) is 5.04. The van der Waals surface area contributed by atoms with Gasteiger partial charge in [-0.1, -0.05) is 0 Å². The van der Waals surface area contributed by atoms with Crippen LogP contribution in [0.4, 0.5) is 5.69 Å². The first-order valence-electron chi connectivity index (χ1n) is 7.82. The molecule has 2 fully saturated rings. The summed E-state index contributed by atoms with van der Waals surface area (Å²) in [6.07, 6.45) is 0.347. The van der Waals surface area contributed by atoms with Crippen LogP contribution >= 0.6 is 0 Å². The highest BCUT2D eigenvalue weighted by Crippen LogP contribution is 2.43. The maximum absolute atomic E-state index is 12.8. The molecule has 2 atom stereocenters. The summed E-state index contributed by atoms with van der Waals surface area (Å²) in [5, 5.41) is 20.8. The Morgan fingerprint density at radius 2 is 2.24 bits per heavy atom. The van der Waals surface area contributed by atoms with Crippen molar-refractivity contribution in [3.63, 3.8) is 0 Å². The normalized spacial score (nSPS) is 25.3. The molecule has 0 bridgehead atoms. The lowest BCUT2D eigenvalue weighted by molar-refractivity contribution is -0.385. The van der Waals surface area contributed by atoms with Crippen LogP contribution in [0.2, 0.25) is 0 Å². The van der Waals surface area contributed by atoms with Gasteiger partial charge in [-0.05, 0) is 18.6 Å². The van der Waals surface area contributed by atoms with E-state index in [0.717, 1.165) is 6.07 Å². The molecular weight excluding hydrogens is 332 g/mol. The first kappa shape index (κ1) is 17.2. The van der Waals surface area contributed by atoms with Crippen LogP contribution in [-0.2, 0) is 9.53 Å². The molecule has 134 valence electrons. The van der Waals surface area contributed by atoms with Gasteiger partial charge in [-0.2, -0.15) is 0 Å². The number of carbonyl (C=O) groups is 2. The van der Waals surface area contributed by atoms with Crippen LogP contribution in [-0.4, -0.2) is 60.2 Å². The van der Waals surface area contributed by atoms with Gasteiger partial charge in [0.15, 0.2) is 5.75 Å². The maximum Gasteiger partial charge on any atom is 0.311 e. The van der Waals surface area contributed by atoms with E-state index in [4.69, 9.17) is 9.47 Å². The molecule has 0 spiro atoms. The third-order valence-electron chi connectivity index (χ3n) is 5.04. The molecule has 2 aliphatic heterocycles. The van der Waals surface area contributed by atoms with Gasteiger partial charge in [0, 0.05) is 37.2 Å². The molecule has 9 nitrogen and oxygen atoms in total. The van der Waals surface area contributed by atoms with E-state index in [1.807, 2.05) is 0 Å². The highest BCUT2D eigenvalue weighted by atomic mass is 16.6. The van der Waals surface area contributed by atoms with Gasteiger partial charge in [0.25, 0.3) is 5.91 Å². The Labute approximate surface area is 143 Å². The van der Waals surface area contributed by atoms with E-state index in [2.05, 4.69) is 0 Å². The molecule has 1 aromatic rings. The van der Waals surface area contributed by atoms with Crippen molar-refractivity contribution in [2.24, 2.45) is 11.3 Å². The number of likely N-dealkylation sites (tertiary alicyclic amines) is 1. The average Bonchev–Trinajstić information content (AvgIpc) is 3.01. The Morgan fingerprint density at radius 1 is 1.48 bits per heavy atom. The van der Waals surface area contributed by atoms with Gasteiger partial charge in [-0.25, -0.2) is 0 Å². The molecule has 25 heavy (non-hydrogen) atoms. The summed E-state index contributed by atoms with van der Waals surface area (Å²) in [4.78, 5) is 36.5. The standard InChI is InChI=1S/C16H18N2O7/c1-24-13-3-2-10(6-12(13)18(22)23)14(19)17-7-11-8-25-5-4-16(11,9-17)15(20)21/h2-3,6,11H,4-5,7-9H2,1H3,(H,20,21)/t11-,16+/m0/s1. The van der Waals surface area contributed by atoms with E-state index in [1.165, 1.54) is 24.1 Å². The number of carboxylic acid groups (broad SMARTS) is 1. The number of ether oxygens (including phenoxy) is 2. The van der Waals surface area contributed by atoms with Crippen molar-refractivity contribution in [1.82, 2.24) is 4.90 Å². The molecule has 0 unspecified atom stereocenters. The number of benzene rings is 1. The molecule has 2 heterocycles. The van der Waals surface area contributed by atoms with E-state index in [-0.39, 0.29) is 36.0 Å². The van der Waals surface area contributed by atoms with Gasteiger partial charge < -0.3 is 19.5 Å². The summed E-state index contributed by atoms with van der Waals surface area (Å²) in [6.45, 7) is 0.970. The summed E-state index contributed by atoms with van der Waals surface area (Å²) in [5.74, 6) is -1.58. The molecule has 1 amide bonds. The van der Waals surface area contributed by atoms with Gasteiger partial charge in [0.1, 0.15) is 0 Å². The Kier molecular flexibility index (Phi) is 4.34.